The van der Waals surface area contributed by atoms with Crippen LogP contribution in [0.5, 0.6) is 0 Å². The van der Waals surface area contributed by atoms with E-state index in [0.29, 0.717) is 5.92 Å². The first kappa shape index (κ1) is 12.3. The van der Waals surface area contributed by atoms with Crippen molar-refractivity contribution in [3.8, 4) is 0 Å². The largest absolute Gasteiger partial charge is 0.338 e. The Morgan fingerprint density at radius 2 is 1.93 bits per heavy atom. The van der Waals surface area contributed by atoms with E-state index in [1.807, 2.05) is 18.7 Å². The van der Waals surface area contributed by atoms with Gasteiger partial charge in [-0.15, -0.1) is 0 Å². The van der Waals surface area contributed by atoms with E-state index in [1.165, 1.54) is 12.8 Å². The summed E-state index contributed by atoms with van der Waals surface area (Å²) < 4.78 is 0. The monoisotopic (exact) mass is 213 g/mol. The van der Waals surface area contributed by atoms with Gasteiger partial charge < -0.3 is 15.5 Å². The summed E-state index contributed by atoms with van der Waals surface area (Å²) in [5.74, 6) is 0.658. The zero-order valence-corrected chi connectivity index (χ0v) is 9.88. The number of carbonyl (C=O) groups excluding carboxylic acids is 1. The minimum Gasteiger partial charge on any atom is -0.338 e. The third-order valence-electron chi connectivity index (χ3n) is 3.05. The minimum atomic E-state index is 0.0820. The molecule has 0 unspecified atom stereocenters. The van der Waals surface area contributed by atoms with E-state index in [1.54, 1.807) is 0 Å². The molecule has 88 valence electrons. The number of piperidine rings is 1. The second-order valence-electron chi connectivity index (χ2n) is 4.05. The Kier molecular flexibility index (Phi) is 5.47. The smallest absolute Gasteiger partial charge is 0.317 e. The Bertz CT molecular complexity index is 186. The molecule has 2 amide bonds. The van der Waals surface area contributed by atoms with Crippen molar-refractivity contribution in [3.63, 3.8) is 0 Å². The molecule has 1 aliphatic heterocycles. The molecule has 2 N–H and O–H groups in total. The van der Waals surface area contributed by atoms with Crippen LogP contribution in [-0.4, -0.2) is 43.7 Å². The molecule has 1 heterocycles. The fraction of sp³-hybridized carbons (Fsp3) is 0.909. The molecule has 0 saturated carbocycles. The summed E-state index contributed by atoms with van der Waals surface area (Å²) >= 11 is 0. The molecule has 0 radical (unpaired) electrons. The molecule has 4 heteroatoms. The molecule has 0 aromatic carbocycles. The number of urea groups is 1. The Labute approximate surface area is 92.4 Å². The molecule has 1 aliphatic rings. The second-order valence-corrected chi connectivity index (χ2v) is 4.05. The van der Waals surface area contributed by atoms with Crippen molar-refractivity contribution in [2.75, 3.05) is 32.7 Å². The Morgan fingerprint density at radius 1 is 1.33 bits per heavy atom. The summed E-state index contributed by atoms with van der Waals surface area (Å²) in [6.45, 7) is 8.60. The SMILES string of the molecule is CCN(CC)C(=O)NCC1CCNCC1. The highest BCUT2D eigenvalue weighted by Gasteiger charge is 2.15. The van der Waals surface area contributed by atoms with E-state index in [2.05, 4.69) is 10.6 Å². The van der Waals surface area contributed by atoms with Gasteiger partial charge in [0.1, 0.15) is 0 Å². The van der Waals surface area contributed by atoms with Gasteiger partial charge in [-0.05, 0) is 45.7 Å². The topological polar surface area (TPSA) is 44.4 Å². The van der Waals surface area contributed by atoms with Gasteiger partial charge in [0.05, 0.1) is 0 Å². The standard InChI is InChI=1S/C11H23N3O/c1-3-14(4-2)11(15)13-9-10-5-7-12-8-6-10/h10,12H,3-9H2,1-2H3,(H,13,15). The maximum absolute atomic E-state index is 11.6. The van der Waals surface area contributed by atoms with Crippen molar-refractivity contribution in [2.24, 2.45) is 5.92 Å². The number of amides is 2. The average molecular weight is 213 g/mol. The number of nitrogens with one attached hydrogen (secondary N) is 2. The van der Waals surface area contributed by atoms with Gasteiger partial charge in [0.25, 0.3) is 0 Å². The first-order valence-electron chi connectivity index (χ1n) is 6.01. The number of carbonyl (C=O) groups is 1. The Morgan fingerprint density at radius 3 is 2.47 bits per heavy atom. The molecule has 1 fully saturated rings. The summed E-state index contributed by atoms with van der Waals surface area (Å²) in [6, 6.07) is 0.0820. The van der Waals surface area contributed by atoms with Crippen LogP contribution in [-0.2, 0) is 0 Å². The normalized spacial score (nSPS) is 17.5. The van der Waals surface area contributed by atoms with Crippen LogP contribution in [0.4, 0.5) is 4.79 Å². The number of rotatable bonds is 4. The maximum atomic E-state index is 11.6. The molecule has 0 atom stereocenters. The van der Waals surface area contributed by atoms with Crippen molar-refractivity contribution in [1.82, 2.24) is 15.5 Å². The third-order valence-corrected chi connectivity index (χ3v) is 3.05. The predicted molar refractivity (Wildman–Crippen MR) is 61.9 cm³/mol. The summed E-state index contributed by atoms with van der Waals surface area (Å²) in [4.78, 5) is 13.5. The van der Waals surface area contributed by atoms with Gasteiger partial charge in [0.15, 0.2) is 0 Å². The lowest BCUT2D eigenvalue weighted by molar-refractivity contribution is 0.199. The van der Waals surface area contributed by atoms with Crippen molar-refractivity contribution in [2.45, 2.75) is 26.7 Å². The first-order chi connectivity index (χ1) is 7.27. The lowest BCUT2D eigenvalue weighted by atomic mass is 9.98. The van der Waals surface area contributed by atoms with Crippen LogP contribution in [0, 0.1) is 5.92 Å². The van der Waals surface area contributed by atoms with Crippen molar-refractivity contribution in [1.29, 1.82) is 0 Å². The molecule has 0 aromatic rings. The highest BCUT2D eigenvalue weighted by molar-refractivity contribution is 5.74. The van der Waals surface area contributed by atoms with Crippen LogP contribution in [0.1, 0.15) is 26.7 Å². The lowest BCUT2D eigenvalue weighted by Gasteiger charge is -2.25. The number of hydrogen-bond acceptors (Lipinski definition) is 2. The van der Waals surface area contributed by atoms with Crippen molar-refractivity contribution >= 4 is 6.03 Å². The second kappa shape index (κ2) is 6.67. The van der Waals surface area contributed by atoms with E-state index in [0.717, 1.165) is 32.7 Å². The zero-order valence-electron chi connectivity index (χ0n) is 9.88. The summed E-state index contributed by atoms with van der Waals surface area (Å²) in [5, 5.41) is 6.34. The summed E-state index contributed by atoms with van der Waals surface area (Å²) in [6.07, 6.45) is 2.36. The molecular formula is C11H23N3O. The molecular weight excluding hydrogens is 190 g/mol. The number of hydrogen-bond donors (Lipinski definition) is 2. The lowest BCUT2D eigenvalue weighted by Crippen LogP contribution is -2.43. The van der Waals surface area contributed by atoms with Crippen molar-refractivity contribution < 1.29 is 4.79 Å². The molecule has 1 rings (SSSR count). The van der Waals surface area contributed by atoms with Gasteiger partial charge in [-0.1, -0.05) is 0 Å². The van der Waals surface area contributed by atoms with E-state index < -0.39 is 0 Å². The van der Waals surface area contributed by atoms with Gasteiger partial charge in [0, 0.05) is 19.6 Å². The molecule has 0 aromatic heterocycles. The van der Waals surface area contributed by atoms with Crippen LogP contribution in [0.25, 0.3) is 0 Å². The maximum Gasteiger partial charge on any atom is 0.317 e. The highest BCUT2D eigenvalue weighted by Crippen LogP contribution is 2.09. The van der Waals surface area contributed by atoms with E-state index >= 15 is 0 Å². The summed E-state index contributed by atoms with van der Waals surface area (Å²) in [7, 11) is 0. The average Bonchev–Trinajstić information content (AvgIpc) is 2.29. The van der Waals surface area contributed by atoms with E-state index in [4.69, 9.17) is 0 Å². The molecule has 4 nitrogen and oxygen atoms in total. The van der Waals surface area contributed by atoms with Crippen LogP contribution >= 0.6 is 0 Å². The van der Waals surface area contributed by atoms with Gasteiger partial charge in [-0.25, -0.2) is 4.79 Å². The van der Waals surface area contributed by atoms with Crippen LogP contribution in [0.3, 0.4) is 0 Å². The predicted octanol–water partition coefficient (Wildman–Crippen LogP) is 1.04. The quantitative estimate of drug-likeness (QED) is 0.733. The first-order valence-corrected chi connectivity index (χ1v) is 6.01. The van der Waals surface area contributed by atoms with Crippen LogP contribution in [0.15, 0.2) is 0 Å². The summed E-state index contributed by atoms with van der Waals surface area (Å²) in [5.41, 5.74) is 0. The minimum absolute atomic E-state index is 0.0820. The van der Waals surface area contributed by atoms with Crippen LogP contribution < -0.4 is 10.6 Å². The van der Waals surface area contributed by atoms with Crippen molar-refractivity contribution in [3.05, 3.63) is 0 Å². The fourth-order valence-electron chi connectivity index (χ4n) is 1.94. The van der Waals surface area contributed by atoms with Gasteiger partial charge >= 0.3 is 6.03 Å². The number of nitrogens with zero attached hydrogens (tertiary/aromatic N) is 1. The molecule has 0 aliphatic carbocycles. The Balaban J connectivity index is 2.20. The van der Waals surface area contributed by atoms with Gasteiger partial charge in [-0.3, -0.25) is 0 Å². The molecule has 0 bridgehead atoms. The van der Waals surface area contributed by atoms with E-state index in [-0.39, 0.29) is 6.03 Å². The Hall–Kier alpha value is -0.770. The highest BCUT2D eigenvalue weighted by atomic mass is 16.2. The fourth-order valence-corrected chi connectivity index (χ4v) is 1.94. The van der Waals surface area contributed by atoms with E-state index in [9.17, 15) is 4.79 Å². The van der Waals surface area contributed by atoms with Gasteiger partial charge in [-0.2, -0.15) is 0 Å². The molecule has 1 saturated heterocycles. The van der Waals surface area contributed by atoms with Gasteiger partial charge in [0.2, 0.25) is 0 Å². The molecule has 15 heavy (non-hydrogen) atoms. The van der Waals surface area contributed by atoms with Crippen LogP contribution in [0.2, 0.25) is 0 Å². The zero-order chi connectivity index (χ0) is 11.1. The third kappa shape index (κ3) is 4.08. The molecule has 0 spiro atoms.